The monoisotopic (exact) mass is 303 g/mol. The lowest BCUT2D eigenvalue weighted by atomic mass is 10.1. The molecule has 0 unspecified atom stereocenters. The van der Waals surface area contributed by atoms with E-state index in [2.05, 4.69) is 15.2 Å². The number of rotatable bonds is 3. The quantitative estimate of drug-likeness (QED) is 0.913. The molecule has 0 atom stereocenters. The molecule has 1 fully saturated rings. The van der Waals surface area contributed by atoms with E-state index in [0.717, 1.165) is 25.9 Å². The molecule has 2 heterocycles. The van der Waals surface area contributed by atoms with E-state index in [1.807, 2.05) is 30.5 Å². The van der Waals surface area contributed by atoms with Crippen LogP contribution in [-0.4, -0.2) is 23.6 Å². The van der Waals surface area contributed by atoms with E-state index in [0.29, 0.717) is 22.4 Å². The predicted octanol–water partition coefficient (Wildman–Crippen LogP) is 3.32. The molecule has 0 aliphatic carbocycles. The molecular formula is C16H18ClN3O. The zero-order valence-corrected chi connectivity index (χ0v) is 12.4. The Labute approximate surface area is 129 Å². The van der Waals surface area contributed by atoms with Crippen LogP contribution in [0.15, 0.2) is 42.6 Å². The lowest BCUT2D eigenvalue weighted by molar-refractivity contribution is 0.101. The number of benzene rings is 1. The summed E-state index contributed by atoms with van der Waals surface area (Å²) in [5.41, 5.74) is 1.32. The number of piperidine rings is 1. The smallest absolute Gasteiger partial charge is 0.272 e. The second kappa shape index (κ2) is 6.33. The van der Waals surface area contributed by atoms with Gasteiger partial charge in [-0.2, -0.15) is 0 Å². The highest BCUT2D eigenvalue weighted by atomic mass is 35.5. The average molecular weight is 304 g/mol. The van der Waals surface area contributed by atoms with Crippen LogP contribution in [0.3, 0.4) is 0 Å². The van der Waals surface area contributed by atoms with Crippen LogP contribution in [0.4, 0.5) is 5.69 Å². The van der Waals surface area contributed by atoms with Crippen molar-refractivity contribution in [2.24, 2.45) is 0 Å². The molecular weight excluding hydrogens is 286 g/mol. The van der Waals surface area contributed by atoms with Crippen molar-refractivity contribution >= 4 is 23.2 Å². The third-order valence-electron chi connectivity index (χ3n) is 3.84. The van der Waals surface area contributed by atoms with E-state index in [1.165, 1.54) is 0 Å². The Kier molecular flexibility index (Phi) is 4.27. The fraction of sp³-hybridized carbons (Fsp3) is 0.312. The Bertz CT molecular complexity index is 632. The van der Waals surface area contributed by atoms with Crippen LogP contribution in [0, 0.1) is 0 Å². The molecule has 0 spiro atoms. The third-order valence-corrected chi connectivity index (χ3v) is 4.17. The first-order chi connectivity index (χ1) is 10.3. The summed E-state index contributed by atoms with van der Waals surface area (Å²) in [4.78, 5) is 12.5. The molecule has 21 heavy (non-hydrogen) atoms. The van der Waals surface area contributed by atoms with E-state index < -0.39 is 0 Å². The van der Waals surface area contributed by atoms with Crippen molar-refractivity contribution < 1.29 is 4.79 Å². The molecule has 0 bridgehead atoms. The van der Waals surface area contributed by atoms with Gasteiger partial charge in [-0.05, 0) is 50.2 Å². The molecule has 1 saturated heterocycles. The zero-order valence-electron chi connectivity index (χ0n) is 11.7. The van der Waals surface area contributed by atoms with Crippen LogP contribution in [-0.2, 0) is 0 Å². The Hall–Kier alpha value is -1.78. The summed E-state index contributed by atoms with van der Waals surface area (Å²) in [5, 5.41) is 6.77. The largest absolute Gasteiger partial charge is 0.340 e. The number of amides is 1. The highest BCUT2D eigenvalue weighted by Crippen LogP contribution is 2.24. The van der Waals surface area contributed by atoms with Crippen LogP contribution in [0.5, 0.6) is 0 Å². The minimum absolute atomic E-state index is 0.119. The van der Waals surface area contributed by atoms with Gasteiger partial charge in [-0.25, -0.2) is 0 Å². The van der Waals surface area contributed by atoms with E-state index in [4.69, 9.17) is 11.6 Å². The molecule has 0 saturated carbocycles. The summed E-state index contributed by atoms with van der Waals surface area (Å²) in [6.07, 6.45) is 4.07. The summed E-state index contributed by atoms with van der Waals surface area (Å²) in [7, 11) is 0. The first-order valence-corrected chi connectivity index (χ1v) is 7.57. The van der Waals surface area contributed by atoms with Crippen LogP contribution in [0.25, 0.3) is 0 Å². The summed E-state index contributed by atoms with van der Waals surface area (Å²) in [6.45, 7) is 1.99. The fourth-order valence-corrected chi connectivity index (χ4v) is 2.92. The number of nitrogens with one attached hydrogen (secondary N) is 2. The first kappa shape index (κ1) is 14.2. The third kappa shape index (κ3) is 3.12. The number of hydrogen-bond acceptors (Lipinski definition) is 2. The van der Waals surface area contributed by atoms with Gasteiger partial charge in [0.1, 0.15) is 5.69 Å². The Morgan fingerprint density at radius 2 is 1.95 bits per heavy atom. The van der Waals surface area contributed by atoms with E-state index in [-0.39, 0.29) is 5.91 Å². The molecule has 1 aliphatic heterocycles. The zero-order chi connectivity index (χ0) is 14.7. The lowest BCUT2D eigenvalue weighted by Crippen LogP contribution is -2.31. The van der Waals surface area contributed by atoms with Gasteiger partial charge in [-0.15, -0.1) is 0 Å². The number of anilines is 1. The standard InChI is InChI=1S/C16H18ClN3O/c17-13-4-1-2-5-14(13)19-16(21)15-6-3-11-20(15)12-7-9-18-10-8-12/h1-6,11-12,18H,7-10H2,(H,19,21). The van der Waals surface area contributed by atoms with E-state index in [9.17, 15) is 4.79 Å². The molecule has 2 N–H and O–H groups in total. The minimum atomic E-state index is -0.119. The van der Waals surface area contributed by atoms with Crippen LogP contribution >= 0.6 is 11.6 Å². The van der Waals surface area contributed by atoms with Crippen LogP contribution < -0.4 is 10.6 Å². The van der Waals surface area contributed by atoms with Crippen molar-refractivity contribution in [3.8, 4) is 0 Å². The van der Waals surface area contributed by atoms with Crippen molar-refractivity contribution in [2.45, 2.75) is 18.9 Å². The Morgan fingerprint density at radius 3 is 2.71 bits per heavy atom. The number of carbonyl (C=O) groups excluding carboxylic acids is 1. The summed E-state index contributed by atoms with van der Waals surface area (Å²) in [5.74, 6) is -0.119. The fourth-order valence-electron chi connectivity index (χ4n) is 2.74. The SMILES string of the molecule is O=C(Nc1ccccc1Cl)c1cccn1C1CCNCC1. The lowest BCUT2D eigenvalue weighted by Gasteiger charge is -2.26. The number of hydrogen-bond donors (Lipinski definition) is 2. The number of carbonyl (C=O) groups is 1. The highest BCUT2D eigenvalue weighted by Gasteiger charge is 2.20. The van der Waals surface area contributed by atoms with Gasteiger partial charge in [0, 0.05) is 12.2 Å². The predicted molar refractivity (Wildman–Crippen MR) is 85.0 cm³/mol. The Morgan fingerprint density at radius 1 is 1.19 bits per heavy atom. The molecule has 110 valence electrons. The second-order valence-corrected chi connectivity index (χ2v) is 5.62. The number of para-hydroxylation sites is 1. The summed E-state index contributed by atoms with van der Waals surface area (Å²) >= 11 is 6.09. The van der Waals surface area contributed by atoms with Gasteiger partial charge in [-0.1, -0.05) is 23.7 Å². The van der Waals surface area contributed by atoms with Gasteiger partial charge >= 0.3 is 0 Å². The minimum Gasteiger partial charge on any atom is -0.340 e. The van der Waals surface area contributed by atoms with Gasteiger partial charge in [0.25, 0.3) is 5.91 Å². The van der Waals surface area contributed by atoms with Crippen molar-refractivity contribution in [3.63, 3.8) is 0 Å². The molecule has 1 aliphatic rings. The van der Waals surface area contributed by atoms with Crippen LogP contribution in [0.2, 0.25) is 5.02 Å². The first-order valence-electron chi connectivity index (χ1n) is 7.19. The number of halogens is 1. The number of aromatic nitrogens is 1. The maximum Gasteiger partial charge on any atom is 0.272 e. The van der Waals surface area contributed by atoms with Crippen molar-refractivity contribution in [3.05, 3.63) is 53.3 Å². The maximum atomic E-state index is 12.5. The molecule has 1 aromatic carbocycles. The maximum absolute atomic E-state index is 12.5. The molecule has 0 radical (unpaired) electrons. The normalized spacial score (nSPS) is 15.9. The van der Waals surface area contributed by atoms with Crippen molar-refractivity contribution in [1.29, 1.82) is 0 Å². The van der Waals surface area contributed by atoms with Gasteiger partial charge < -0.3 is 15.2 Å². The topological polar surface area (TPSA) is 46.1 Å². The molecule has 3 rings (SSSR count). The van der Waals surface area contributed by atoms with Gasteiger partial charge in [0.2, 0.25) is 0 Å². The summed E-state index contributed by atoms with van der Waals surface area (Å²) < 4.78 is 2.08. The summed E-state index contributed by atoms with van der Waals surface area (Å²) in [6, 6.07) is 11.4. The molecule has 4 nitrogen and oxygen atoms in total. The Balaban J connectivity index is 1.79. The molecule has 1 amide bonds. The molecule has 1 aromatic heterocycles. The van der Waals surface area contributed by atoms with Crippen molar-refractivity contribution in [2.75, 3.05) is 18.4 Å². The van der Waals surface area contributed by atoms with Gasteiger partial charge in [0.05, 0.1) is 10.7 Å². The second-order valence-electron chi connectivity index (χ2n) is 5.22. The van der Waals surface area contributed by atoms with E-state index >= 15 is 0 Å². The van der Waals surface area contributed by atoms with Crippen LogP contribution in [0.1, 0.15) is 29.4 Å². The van der Waals surface area contributed by atoms with Crippen molar-refractivity contribution in [1.82, 2.24) is 9.88 Å². The van der Waals surface area contributed by atoms with E-state index in [1.54, 1.807) is 12.1 Å². The average Bonchev–Trinajstić information content (AvgIpc) is 3.00. The van der Waals surface area contributed by atoms with Gasteiger partial charge in [-0.3, -0.25) is 4.79 Å². The molecule has 2 aromatic rings. The molecule has 5 heteroatoms. The number of nitrogens with zero attached hydrogens (tertiary/aromatic N) is 1. The van der Waals surface area contributed by atoms with Gasteiger partial charge in [0.15, 0.2) is 0 Å². The highest BCUT2D eigenvalue weighted by molar-refractivity contribution is 6.33.